The van der Waals surface area contributed by atoms with Crippen molar-refractivity contribution >= 4 is 12.1 Å². The van der Waals surface area contributed by atoms with Gasteiger partial charge in [0.05, 0.1) is 6.21 Å². The van der Waals surface area contributed by atoms with Gasteiger partial charge in [0.15, 0.2) is 0 Å². The number of nitriles is 1. The van der Waals surface area contributed by atoms with Gasteiger partial charge in [-0.15, -0.1) is 0 Å². The van der Waals surface area contributed by atoms with E-state index in [1.54, 1.807) is 6.21 Å². The van der Waals surface area contributed by atoms with Crippen LogP contribution in [0.5, 0.6) is 0 Å². The molecule has 0 spiro atoms. The fourth-order valence-electron chi connectivity index (χ4n) is 2.17. The standard InChI is InChI=1S/C19H24N4O/c1-13(2)10-14-6-8-15(9-7-14)12-21-23-17-16(11-20)22-18(24-17)19(3,4)5/h6-9,12-13,23H,10H2,1-5H3. The lowest BCUT2D eigenvalue weighted by Gasteiger charge is -2.11. The molecular weight excluding hydrogens is 300 g/mol. The highest BCUT2D eigenvalue weighted by Gasteiger charge is 2.23. The lowest BCUT2D eigenvalue weighted by molar-refractivity contribution is 0.399. The van der Waals surface area contributed by atoms with Crippen molar-refractivity contribution in [1.29, 1.82) is 5.26 Å². The maximum Gasteiger partial charge on any atom is 0.252 e. The summed E-state index contributed by atoms with van der Waals surface area (Å²) in [5.74, 6) is 1.42. The summed E-state index contributed by atoms with van der Waals surface area (Å²) in [7, 11) is 0. The number of nitrogens with zero attached hydrogens (tertiary/aromatic N) is 3. The number of nitrogens with one attached hydrogen (secondary N) is 1. The zero-order valence-corrected chi connectivity index (χ0v) is 14.9. The van der Waals surface area contributed by atoms with Gasteiger partial charge >= 0.3 is 0 Å². The summed E-state index contributed by atoms with van der Waals surface area (Å²) in [6.45, 7) is 10.3. The number of rotatable bonds is 5. The van der Waals surface area contributed by atoms with Crippen LogP contribution in [-0.4, -0.2) is 11.2 Å². The van der Waals surface area contributed by atoms with Gasteiger partial charge in [-0.25, -0.2) is 5.43 Å². The number of hydrogen-bond donors (Lipinski definition) is 1. The molecule has 5 heteroatoms. The van der Waals surface area contributed by atoms with Gasteiger partial charge in [-0.1, -0.05) is 58.9 Å². The van der Waals surface area contributed by atoms with E-state index in [1.807, 2.05) is 39.0 Å². The Balaban J connectivity index is 2.06. The molecule has 0 fully saturated rings. The first-order valence-corrected chi connectivity index (χ1v) is 8.09. The van der Waals surface area contributed by atoms with E-state index in [1.165, 1.54) is 5.56 Å². The SMILES string of the molecule is CC(C)Cc1ccc(C=NNc2oc(C(C)(C)C)nc2C#N)cc1. The van der Waals surface area contributed by atoms with E-state index in [2.05, 4.69) is 41.5 Å². The number of hydrogen-bond acceptors (Lipinski definition) is 5. The van der Waals surface area contributed by atoms with Gasteiger partial charge in [0.1, 0.15) is 6.07 Å². The molecule has 0 aliphatic rings. The molecule has 0 saturated carbocycles. The average Bonchev–Trinajstić information content (AvgIpc) is 2.92. The molecule has 126 valence electrons. The van der Waals surface area contributed by atoms with E-state index in [4.69, 9.17) is 9.68 Å². The van der Waals surface area contributed by atoms with Crippen LogP contribution in [0.4, 0.5) is 5.88 Å². The predicted octanol–water partition coefficient (Wildman–Crippen LogP) is 4.49. The van der Waals surface area contributed by atoms with Gasteiger partial charge in [-0.05, 0) is 23.5 Å². The van der Waals surface area contributed by atoms with E-state index in [-0.39, 0.29) is 17.0 Å². The Kier molecular flexibility index (Phi) is 5.40. The largest absolute Gasteiger partial charge is 0.421 e. The summed E-state index contributed by atoms with van der Waals surface area (Å²) in [6, 6.07) is 10.3. The molecule has 2 aromatic rings. The van der Waals surface area contributed by atoms with Crippen LogP contribution in [0.1, 0.15) is 57.3 Å². The minimum Gasteiger partial charge on any atom is -0.421 e. The molecular formula is C19H24N4O. The Morgan fingerprint density at radius 3 is 2.50 bits per heavy atom. The first kappa shape index (κ1) is 17.7. The summed E-state index contributed by atoms with van der Waals surface area (Å²) >= 11 is 0. The van der Waals surface area contributed by atoms with E-state index >= 15 is 0 Å². The Bertz CT molecular complexity index is 743. The van der Waals surface area contributed by atoms with E-state index < -0.39 is 0 Å². The minimum atomic E-state index is -0.262. The van der Waals surface area contributed by atoms with Crippen LogP contribution in [-0.2, 0) is 11.8 Å². The van der Waals surface area contributed by atoms with Crippen LogP contribution >= 0.6 is 0 Å². The minimum absolute atomic E-state index is 0.212. The van der Waals surface area contributed by atoms with Crippen LogP contribution in [0.3, 0.4) is 0 Å². The monoisotopic (exact) mass is 324 g/mol. The topological polar surface area (TPSA) is 74.2 Å². The maximum atomic E-state index is 9.15. The molecule has 24 heavy (non-hydrogen) atoms. The molecule has 5 nitrogen and oxygen atoms in total. The molecule has 0 amide bonds. The number of benzene rings is 1. The highest BCUT2D eigenvalue weighted by molar-refractivity contribution is 5.80. The Morgan fingerprint density at radius 2 is 1.96 bits per heavy atom. The molecule has 2 rings (SSSR count). The Hall–Kier alpha value is -2.61. The second kappa shape index (κ2) is 7.31. The molecule has 1 heterocycles. The second-order valence-electron chi connectivity index (χ2n) is 7.27. The van der Waals surface area contributed by atoms with Crippen LogP contribution in [0.2, 0.25) is 0 Å². The van der Waals surface area contributed by atoms with Crippen molar-refractivity contribution in [2.24, 2.45) is 11.0 Å². The number of aromatic nitrogens is 1. The van der Waals surface area contributed by atoms with Crippen molar-refractivity contribution in [3.05, 3.63) is 47.0 Å². The summed E-state index contributed by atoms with van der Waals surface area (Å²) in [5, 5.41) is 13.3. The molecule has 0 unspecified atom stereocenters. The Morgan fingerprint density at radius 1 is 1.29 bits per heavy atom. The van der Waals surface area contributed by atoms with Gasteiger partial charge in [-0.2, -0.15) is 15.3 Å². The summed E-state index contributed by atoms with van der Waals surface area (Å²) in [6.07, 6.45) is 2.76. The maximum absolute atomic E-state index is 9.15. The van der Waals surface area contributed by atoms with Crippen LogP contribution in [0.15, 0.2) is 33.8 Å². The van der Waals surface area contributed by atoms with Crippen molar-refractivity contribution < 1.29 is 4.42 Å². The molecule has 0 aliphatic carbocycles. The van der Waals surface area contributed by atoms with Crippen molar-refractivity contribution in [3.8, 4) is 6.07 Å². The van der Waals surface area contributed by atoms with Gasteiger partial charge in [-0.3, -0.25) is 0 Å². The summed E-state index contributed by atoms with van der Waals surface area (Å²) < 4.78 is 5.61. The highest BCUT2D eigenvalue weighted by atomic mass is 16.4. The third kappa shape index (κ3) is 4.69. The number of anilines is 1. The van der Waals surface area contributed by atoms with Crippen LogP contribution in [0, 0.1) is 17.2 Å². The molecule has 1 aromatic carbocycles. The quantitative estimate of drug-likeness (QED) is 0.649. The second-order valence-corrected chi connectivity index (χ2v) is 7.27. The first-order chi connectivity index (χ1) is 11.3. The molecule has 1 aromatic heterocycles. The van der Waals surface area contributed by atoms with Crippen molar-refractivity contribution in [3.63, 3.8) is 0 Å². The fourth-order valence-corrected chi connectivity index (χ4v) is 2.17. The van der Waals surface area contributed by atoms with Crippen LogP contribution in [0.25, 0.3) is 0 Å². The van der Waals surface area contributed by atoms with Crippen molar-refractivity contribution in [2.45, 2.75) is 46.5 Å². The highest BCUT2D eigenvalue weighted by Crippen LogP contribution is 2.26. The van der Waals surface area contributed by atoms with Gasteiger partial charge in [0.2, 0.25) is 11.6 Å². The smallest absolute Gasteiger partial charge is 0.252 e. The zero-order valence-electron chi connectivity index (χ0n) is 14.9. The van der Waals surface area contributed by atoms with Gasteiger partial charge in [0, 0.05) is 5.41 Å². The van der Waals surface area contributed by atoms with Gasteiger partial charge < -0.3 is 4.42 Å². The van der Waals surface area contributed by atoms with Crippen LogP contribution < -0.4 is 5.43 Å². The van der Waals surface area contributed by atoms with E-state index in [0.717, 1.165) is 12.0 Å². The van der Waals surface area contributed by atoms with Gasteiger partial charge in [0.25, 0.3) is 5.88 Å². The molecule has 0 radical (unpaired) electrons. The third-order valence-corrected chi connectivity index (χ3v) is 3.38. The van der Waals surface area contributed by atoms with Crippen molar-refractivity contribution in [2.75, 3.05) is 5.43 Å². The molecule has 0 atom stereocenters. The Labute approximate surface area is 143 Å². The lowest BCUT2D eigenvalue weighted by Crippen LogP contribution is -2.11. The normalized spacial score (nSPS) is 11.9. The first-order valence-electron chi connectivity index (χ1n) is 8.09. The molecule has 0 saturated heterocycles. The molecule has 0 aliphatic heterocycles. The molecule has 0 bridgehead atoms. The summed E-state index contributed by atoms with van der Waals surface area (Å²) in [4.78, 5) is 4.20. The van der Waals surface area contributed by atoms with E-state index in [9.17, 15) is 0 Å². The fraction of sp³-hybridized carbons (Fsp3) is 0.421. The summed E-state index contributed by atoms with van der Waals surface area (Å²) in [5.41, 5.74) is 5.01. The predicted molar refractivity (Wildman–Crippen MR) is 96.1 cm³/mol. The lowest BCUT2D eigenvalue weighted by atomic mass is 9.97. The average molecular weight is 324 g/mol. The molecule has 1 N–H and O–H groups in total. The van der Waals surface area contributed by atoms with Crippen molar-refractivity contribution in [1.82, 2.24) is 4.98 Å². The third-order valence-electron chi connectivity index (χ3n) is 3.38. The zero-order chi connectivity index (χ0) is 17.7. The number of oxazole rings is 1. The van der Waals surface area contributed by atoms with E-state index in [0.29, 0.717) is 11.8 Å². The number of hydrazone groups is 1.